The number of amides is 3. The summed E-state index contributed by atoms with van der Waals surface area (Å²) in [6.07, 6.45) is 4.28. The minimum atomic E-state index is -1.11. The molecule has 2 aromatic carbocycles. The van der Waals surface area contributed by atoms with Crippen molar-refractivity contribution in [3.8, 4) is 11.8 Å². The second-order valence-electron chi connectivity index (χ2n) is 14.3. The maximum atomic E-state index is 13.6. The Balaban J connectivity index is 0.912. The van der Waals surface area contributed by atoms with Gasteiger partial charge in [-0.25, -0.2) is 19.6 Å². The summed E-state index contributed by atoms with van der Waals surface area (Å²) in [5.74, 6) is 5.18. The number of anilines is 2. The molecule has 3 aromatic heterocycles. The molecular formula is C41H44FN9O5. The minimum Gasteiger partial charge on any atom is -0.392 e. The summed E-state index contributed by atoms with van der Waals surface area (Å²) < 4.78 is 16.8. The summed E-state index contributed by atoms with van der Waals surface area (Å²) in [6, 6.07) is 17.6. The second kappa shape index (κ2) is 16.8. The van der Waals surface area contributed by atoms with Crippen molar-refractivity contribution in [2.24, 2.45) is 7.05 Å². The van der Waals surface area contributed by atoms with Gasteiger partial charge in [0.1, 0.15) is 11.9 Å². The summed E-state index contributed by atoms with van der Waals surface area (Å²) in [7, 11) is 3.92. The smallest absolute Gasteiger partial charge is 0.329 e. The number of para-hydroxylation sites is 1. The zero-order valence-corrected chi connectivity index (χ0v) is 31.2. The molecule has 2 aliphatic rings. The predicted molar refractivity (Wildman–Crippen MR) is 209 cm³/mol. The summed E-state index contributed by atoms with van der Waals surface area (Å²) in [4.78, 5) is 50.3. The van der Waals surface area contributed by atoms with Crippen LogP contribution in [0.15, 0.2) is 77.9 Å². The molecule has 2 saturated heterocycles. The quantitative estimate of drug-likeness (QED) is 0.111. The zero-order chi connectivity index (χ0) is 39.3. The number of likely N-dealkylation sites (tertiary alicyclic amines) is 1. The lowest BCUT2D eigenvalue weighted by atomic mass is 10.0. The van der Waals surface area contributed by atoms with Gasteiger partial charge in [0.25, 0.3) is 0 Å². The maximum Gasteiger partial charge on any atom is 0.329 e. The van der Waals surface area contributed by atoms with E-state index in [1.54, 1.807) is 28.3 Å². The number of imidazole rings is 1. The van der Waals surface area contributed by atoms with Gasteiger partial charge in [0.05, 0.1) is 29.4 Å². The van der Waals surface area contributed by atoms with Gasteiger partial charge in [0.15, 0.2) is 0 Å². The van der Waals surface area contributed by atoms with Crippen LogP contribution in [-0.2, 0) is 31.5 Å². The molecule has 2 aliphatic heterocycles. The van der Waals surface area contributed by atoms with Crippen LogP contribution in [0.4, 0.5) is 20.6 Å². The molecule has 290 valence electrons. The van der Waals surface area contributed by atoms with Crippen molar-refractivity contribution in [3.63, 3.8) is 0 Å². The summed E-state index contributed by atoms with van der Waals surface area (Å²) in [6.45, 7) is 2.95. The van der Waals surface area contributed by atoms with Crippen molar-refractivity contribution in [1.82, 2.24) is 34.2 Å². The first-order valence-corrected chi connectivity index (χ1v) is 18.6. The molecule has 0 aliphatic carbocycles. The Morgan fingerprint density at radius 2 is 1.80 bits per heavy atom. The molecule has 0 radical (unpaired) electrons. The Labute approximate surface area is 323 Å². The highest BCUT2D eigenvalue weighted by Gasteiger charge is 2.32. The topological polar surface area (TPSA) is 170 Å². The number of aromatic nitrogens is 4. The van der Waals surface area contributed by atoms with Gasteiger partial charge in [0, 0.05) is 67.9 Å². The van der Waals surface area contributed by atoms with E-state index in [2.05, 4.69) is 72.8 Å². The van der Waals surface area contributed by atoms with Crippen LogP contribution >= 0.6 is 0 Å². The van der Waals surface area contributed by atoms with Crippen molar-refractivity contribution in [1.29, 1.82) is 0 Å². The van der Waals surface area contributed by atoms with Gasteiger partial charge in [-0.05, 0) is 86.8 Å². The van der Waals surface area contributed by atoms with E-state index in [-0.39, 0.29) is 29.3 Å². The molecular weight excluding hydrogens is 718 g/mol. The number of fused-ring (bicyclic) bond motifs is 1. The van der Waals surface area contributed by atoms with E-state index in [0.29, 0.717) is 30.4 Å². The molecule has 15 heteroatoms. The van der Waals surface area contributed by atoms with Gasteiger partial charge in [0.2, 0.25) is 11.9 Å². The highest BCUT2D eigenvalue weighted by Crippen LogP contribution is 2.28. The van der Waals surface area contributed by atoms with Crippen LogP contribution in [0.3, 0.4) is 0 Å². The van der Waals surface area contributed by atoms with Crippen molar-refractivity contribution in [3.05, 3.63) is 117 Å². The average molecular weight is 762 g/mol. The number of carbonyl (C=O) groups excluding carboxylic acids is 2. The highest BCUT2D eigenvalue weighted by atomic mass is 19.1. The van der Waals surface area contributed by atoms with Gasteiger partial charge in [-0.1, -0.05) is 30.2 Å². The van der Waals surface area contributed by atoms with Crippen LogP contribution in [0.5, 0.6) is 0 Å². The Bertz CT molecular complexity index is 2360. The maximum absolute atomic E-state index is 13.6. The number of pyridine rings is 2. The molecule has 2 unspecified atom stereocenters. The molecule has 5 N–H and O–H groups in total. The Kier molecular flexibility index (Phi) is 11.5. The lowest BCUT2D eigenvalue weighted by Gasteiger charge is -2.37. The number of hydrogen-bond donors (Lipinski definition) is 5. The number of urea groups is 1. The number of halogens is 1. The number of aliphatic hydroxyl groups is 2. The van der Waals surface area contributed by atoms with Crippen molar-refractivity contribution >= 4 is 34.3 Å². The molecule has 0 saturated carbocycles. The third-order valence-corrected chi connectivity index (χ3v) is 10.5. The lowest BCUT2D eigenvalue weighted by molar-refractivity contribution is -0.128. The fourth-order valence-corrected chi connectivity index (χ4v) is 7.58. The number of hydrogen-bond acceptors (Lipinski definition) is 9. The third-order valence-electron chi connectivity index (χ3n) is 10.5. The van der Waals surface area contributed by atoms with Gasteiger partial charge in [-0.15, -0.1) is 0 Å². The molecule has 2 atom stereocenters. The van der Waals surface area contributed by atoms with Gasteiger partial charge in [-0.3, -0.25) is 23.7 Å². The number of piperidine rings is 2. The van der Waals surface area contributed by atoms with Crippen molar-refractivity contribution in [2.75, 3.05) is 30.8 Å². The molecule has 7 rings (SSSR count). The molecule has 14 nitrogen and oxygen atoms in total. The normalized spacial score (nSPS) is 17.7. The Hall–Kier alpha value is -5.92. The van der Waals surface area contributed by atoms with Crippen LogP contribution in [0, 0.1) is 17.8 Å². The zero-order valence-electron chi connectivity index (χ0n) is 31.2. The molecule has 0 bridgehead atoms. The summed E-state index contributed by atoms with van der Waals surface area (Å²) in [5, 5.41) is 27.8. The summed E-state index contributed by atoms with van der Waals surface area (Å²) in [5.41, 5.74) is 5.78. The van der Waals surface area contributed by atoms with Crippen LogP contribution in [0.1, 0.15) is 59.7 Å². The predicted octanol–water partition coefficient (Wildman–Crippen LogP) is 3.67. The van der Waals surface area contributed by atoms with Crippen LogP contribution < -0.4 is 21.6 Å². The monoisotopic (exact) mass is 761 g/mol. The van der Waals surface area contributed by atoms with E-state index in [1.807, 2.05) is 24.3 Å². The van der Waals surface area contributed by atoms with Crippen LogP contribution in [0.25, 0.3) is 11.0 Å². The Morgan fingerprint density at radius 3 is 2.55 bits per heavy atom. The van der Waals surface area contributed by atoms with Gasteiger partial charge in [-0.2, -0.15) is 4.39 Å². The lowest BCUT2D eigenvalue weighted by Crippen LogP contribution is -2.47. The molecule has 5 heterocycles. The molecule has 0 spiro atoms. The van der Waals surface area contributed by atoms with Gasteiger partial charge < -0.3 is 26.2 Å². The molecule has 3 amide bonds. The molecule has 2 fully saturated rings. The fourth-order valence-electron chi connectivity index (χ4n) is 7.58. The van der Waals surface area contributed by atoms with Crippen LogP contribution in [-0.4, -0.2) is 83.5 Å². The third kappa shape index (κ3) is 8.64. The average Bonchev–Trinajstić information content (AvgIpc) is 3.44. The van der Waals surface area contributed by atoms with E-state index < -0.39 is 30.9 Å². The van der Waals surface area contributed by atoms with E-state index in [4.69, 9.17) is 0 Å². The number of carbonyl (C=O) groups is 2. The standard InChI is InChI=1S/C41H44FN9O5/c1-48(32-15-18-50(19-16-32)24-28-4-3-5-34-38(28)49(2)41(56)51(34)35-12-13-37(53)47-39(35)54)23-27-8-6-26(7-9-27)10-11-30-20-31(14-17-43-30)45-40(55)46-33-21-36(42)44-22-29(33)25-52/h3-9,14,17,20-22,32,35,39,52,54H,12-13,15-16,18-19,23-25H2,1-2H3,(H,47,53)(H2,43,44,45,46,55). The molecule has 56 heavy (non-hydrogen) atoms. The minimum absolute atomic E-state index is 0.118. The number of benzene rings is 2. The second-order valence-corrected chi connectivity index (χ2v) is 14.3. The number of aryl methyl sites for hydroxylation is 1. The fraction of sp³-hybridized carbons (Fsp3) is 0.341. The number of aliphatic hydroxyl groups excluding tert-OH is 2. The largest absolute Gasteiger partial charge is 0.392 e. The number of nitrogens with zero attached hydrogens (tertiary/aromatic N) is 6. The first-order valence-electron chi connectivity index (χ1n) is 18.6. The number of rotatable bonds is 9. The van der Waals surface area contributed by atoms with E-state index >= 15 is 0 Å². The van der Waals surface area contributed by atoms with Crippen LogP contribution in [0.2, 0.25) is 0 Å². The SMILES string of the molecule is CN(Cc1ccc(C#Cc2cc(NC(=O)Nc3cc(F)ncc3CO)ccn2)cc1)C1CCN(Cc2cccc3c2n(C)c(=O)n3C2CCC(=O)NC2O)CC1. The van der Waals surface area contributed by atoms with E-state index in [1.165, 1.54) is 11.8 Å². The Morgan fingerprint density at radius 1 is 1.02 bits per heavy atom. The highest BCUT2D eigenvalue weighted by molar-refractivity contribution is 6.00. The van der Waals surface area contributed by atoms with E-state index in [9.17, 15) is 29.0 Å². The van der Waals surface area contributed by atoms with Crippen molar-refractivity contribution in [2.45, 2.75) is 63.7 Å². The first kappa shape index (κ1) is 38.4. The van der Waals surface area contributed by atoms with Gasteiger partial charge >= 0.3 is 11.7 Å². The van der Waals surface area contributed by atoms with Crippen molar-refractivity contribution < 1.29 is 24.2 Å². The molecule has 5 aromatic rings. The van der Waals surface area contributed by atoms with E-state index in [0.717, 1.165) is 66.9 Å². The summed E-state index contributed by atoms with van der Waals surface area (Å²) >= 11 is 0. The first-order chi connectivity index (χ1) is 27.1. The number of nitrogens with one attached hydrogen (secondary N) is 3.